The van der Waals surface area contributed by atoms with Crippen molar-refractivity contribution in [1.82, 2.24) is 24.9 Å². The Balaban J connectivity index is 1.01. The molecule has 3 heterocycles. The van der Waals surface area contributed by atoms with Gasteiger partial charge in [-0.1, -0.05) is 54.6 Å². The second-order valence-corrected chi connectivity index (χ2v) is 10.2. The molecule has 2 fully saturated rings. The first-order valence-electron chi connectivity index (χ1n) is 13.1. The molecule has 0 N–H and O–H groups in total. The summed E-state index contributed by atoms with van der Waals surface area (Å²) in [6, 6.07) is 25.4. The predicted molar refractivity (Wildman–Crippen MR) is 141 cm³/mol. The highest BCUT2D eigenvalue weighted by Crippen LogP contribution is 2.41. The molecule has 2 aromatic carbocycles. The molecule has 6 heteroatoms. The molecule has 0 unspecified atom stereocenters. The van der Waals surface area contributed by atoms with Crippen molar-refractivity contribution in [2.24, 2.45) is 5.92 Å². The van der Waals surface area contributed by atoms with Crippen LogP contribution in [-0.4, -0.2) is 44.6 Å². The summed E-state index contributed by atoms with van der Waals surface area (Å²) >= 11 is 0. The Kier molecular flexibility index (Phi) is 6.51. The van der Waals surface area contributed by atoms with Crippen LogP contribution < -0.4 is 4.74 Å². The lowest BCUT2D eigenvalue weighted by atomic mass is 9.72. The number of hydrogen-bond donors (Lipinski definition) is 0. The third kappa shape index (κ3) is 5.05. The highest BCUT2D eigenvalue weighted by Gasteiger charge is 2.31. The summed E-state index contributed by atoms with van der Waals surface area (Å²) in [4.78, 5) is 2.55. The zero-order valence-electron chi connectivity index (χ0n) is 20.9. The molecular formula is C30H33N5O. The van der Waals surface area contributed by atoms with Gasteiger partial charge in [-0.05, 0) is 80.8 Å². The summed E-state index contributed by atoms with van der Waals surface area (Å²) in [6.07, 6.45) is 5.03. The van der Waals surface area contributed by atoms with Crippen LogP contribution >= 0.6 is 0 Å². The molecule has 0 spiro atoms. The van der Waals surface area contributed by atoms with Crippen LogP contribution in [0.3, 0.4) is 0 Å². The maximum absolute atomic E-state index is 5.99. The fourth-order valence-electron chi connectivity index (χ4n) is 5.43. The van der Waals surface area contributed by atoms with E-state index in [9.17, 15) is 0 Å². The Morgan fingerprint density at radius 1 is 0.889 bits per heavy atom. The Hall–Kier alpha value is -3.51. The van der Waals surface area contributed by atoms with Gasteiger partial charge in [0.05, 0.1) is 18.0 Å². The average molecular weight is 480 g/mol. The van der Waals surface area contributed by atoms with E-state index < -0.39 is 0 Å². The number of aromatic nitrogens is 4. The first kappa shape index (κ1) is 22.9. The molecule has 6 nitrogen and oxygen atoms in total. The summed E-state index contributed by atoms with van der Waals surface area (Å²) in [5.41, 5.74) is 5.94. The Morgan fingerprint density at radius 3 is 2.39 bits per heavy atom. The molecule has 0 atom stereocenters. The van der Waals surface area contributed by atoms with Gasteiger partial charge < -0.3 is 4.74 Å². The van der Waals surface area contributed by atoms with Crippen molar-refractivity contribution >= 4 is 0 Å². The van der Waals surface area contributed by atoms with Crippen molar-refractivity contribution in [3.8, 4) is 23.0 Å². The summed E-state index contributed by atoms with van der Waals surface area (Å²) in [6.45, 7) is 6.26. The zero-order valence-corrected chi connectivity index (χ0v) is 20.9. The van der Waals surface area contributed by atoms with E-state index >= 15 is 0 Å². The SMILES string of the molecule is Cc1cc(-c2ccccc2)n(-c2ccc(OC[C@H]3C[C@@H](c4ccc(CN5CCCC5)cc4)C3)nn2)n1. The van der Waals surface area contributed by atoms with Crippen molar-refractivity contribution in [2.45, 2.75) is 45.1 Å². The molecule has 2 aromatic heterocycles. The Labute approximate surface area is 212 Å². The van der Waals surface area contributed by atoms with Crippen LogP contribution in [0.2, 0.25) is 0 Å². The van der Waals surface area contributed by atoms with Crippen LogP contribution in [0.25, 0.3) is 17.1 Å². The lowest BCUT2D eigenvalue weighted by Gasteiger charge is -2.35. The van der Waals surface area contributed by atoms with Gasteiger partial charge in [-0.25, -0.2) is 4.68 Å². The van der Waals surface area contributed by atoms with E-state index in [4.69, 9.17) is 4.74 Å². The first-order valence-corrected chi connectivity index (χ1v) is 13.1. The lowest BCUT2D eigenvalue weighted by Crippen LogP contribution is -2.27. The molecule has 1 saturated carbocycles. The summed E-state index contributed by atoms with van der Waals surface area (Å²) < 4.78 is 7.83. The van der Waals surface area contributed by atoms with Crippen molar-refractivity contribution in [2.75, 3.05) is 19.7 Å². The molecule has 1 saturated heterocycles. The fraction of sp³-hybridized carbons (Fsp3) is 0.367. The van der Waals surface area contributed by atoms with Gasteiger partial charge >= 0.3 is 0 Å². The molecule has 1 aliphatic heterocycles. The molecule has 0 radical (unpaired) electrons. The average Bonchev–Trinajstić information content (AvgIpc) is 3.54. The maximum atomic E-state index is 5.99. The van der Waals surface area contributed by atoms with Crippen molar-refractivity contribution < 1.29 is 4.74 Å². The van der Waals surface area contributed by atoms with E-state index in [-0.39, 0.29) is 0 Å². The largest absolute Gasteiger partial charge is 0.476 e. The van der Waals surface area contributed by atoms with Crippen LogP contribution in [0.1, 0.15) is 48.4 Å². The Morgan fingerprint density at radius 2 is 1.67 bits per heavy atom. The number of rotatable bonds is 8. The molecule has 36 heavy (non-hydrogen) atoms. The number of likely N-dealkylation sites (tertiary alicyclic amines) is 1. The van der Waals surface area contributed by atoms with Crippen LogP contribution in [0.4, 0.5) is 0 Å². The van der Waals surface area contributed by atoms with Gasteiger partial charge in [-0.3, -0.25) is 4.90 Å². The normalized spacial score (nSPS) is 19.8. The smallest absolute Gasteiger partial charge is 0.233 e. The minimum atomic E-state index is 0.568. The molecule has 4 aromatic rings. The van der Waals surface area contributed by atoms with Gasteiger partial charge in [0.1, 0.15) is 0 Å². The lowest BCUT2D eigenvalue weighted by molar-refractivity contribution is 0.153. The monoisotopic (exact) mass is 479 g/mol. The summed E-state index contributed by atoms with van der Waals surface area (Å²) in [5, 5.41) is 13.3. The molecule has 2 aliphatic rings. The maximum Gasteiger partial charge on any atom is 0.233 e. The van der Waals surface area contributed by atoms with Crippen molar-refractivity contribution in [3.05, 3.63) is 89.6 Å². The molecule has 184 valence electrons. The molecule has 0 amide bonds. The van der Waals surface area contributed by atoms with E-state index in [1.165, 1.54) is 49.9 Å². The minimum Gasteiger partial charge on any atom is -0.476 e. The number of hydrogen-bond acceptors (Lipinski definition) is 5. The molecule has 6 rings (SSSR count). The van der Waals surface area contributed by atoms with Gasteiger partial charge in [0.25, 0.3) is 0 Å². The van der Waals surface area contributed by atoms with Crippen LogP contribution in [0.15, 0.2) is 72.8 Å². The number of nitrogens with zero attached hydrogens (tertiary/aromatic N) is 5. The third-order valence-corrected chi connectivity index (χ3v) is 7.50. The minimum absolute atomic E-state index is 0.568. The summed E-state index contributed by atoms with van der Waals surface area (Å²) in [7, 11) is 0. The number of aryl methyl sites for hydroxylation is 1. The van der Waals surface area contributed by atoms with Crippen LogP contribution in [-0.2, 0) is 6.54 Å². The van der Waals surface area contributed by atoms with E-state index in [0.717, 1.165) is 23.5 Å². The van der Waals surface area contributed by atoms with Gasteiger partial charge in [0, 0.05) is 18.2 Å². The molecule has 0 bridgehead atoms. The highest BCUT2D eigenvalue weighted by molar-refractivity contribution is 5.61. The topological polar surface area (TPSA) is 56.1 Å². The standard InChI is InChI=1S/C30H33N5O/c1-22-17-28(26-7-3-2-4-8-26)35(33-22)29-13-14-30(32-31-29)36-21-24-18-27(19-24)25-11-9-23(10-12-25)20-34-15-5-6-16-34/h2-4,7-14,17,24,27H,5-6,15-16,18-21H2,1H3/t24-,27+. The zero-order chi connectivity index (χ0) is 24.3. The van der Waals surface area contributed by atoms with Crippen molar-refractivity contribution in [1.29, 1.82) is 0 Å². The first-order chi connectivity index (χ1) is 17.7. The number of ether oxygens (including phenoxy) is 1. The van der Waals surface area contributed by atoms with Crippen molar-refractivity contribution in [3.63, 3.8) is 0 Å². The van der Waals surface area contributed by atoms with Gasteiger partial charge in [-0.15, -0.1) is 10.2 Å². The summed E-state index contributed by atoms with van der Waals surface area (Å²) in [5.74, 6) is 2.47. The quantitative estimate of drug-likeness (QED) is 0.319. The second-order valence-electron chi connectivity index (χ2n) is 10.2. The third-order valence-electron chi connectivity index (χ3n) is 7.50. The van der Waals surface area contributed by atoms with Gasteiger partial charge in [-0.2, -0.15) is 5.10 Å². The molecular weight excluding hydrogens is 446 g/mol. The van der Waals surface area contributed by atoms with Gasteiger partial charge in [0.2, 0.25) is 5.88 Å². The second kappa shape index (κ2) is 10.2. The fourth-order valence-corrected chi connectivity index (χ4v) is 5.43. The highest BCUT2D eigenvalue weighted by atomic mass is 16.5. The molecule has 1 aliphatic carbocycles. The van der Waals surface area contributed by atoms with Crippen LogP contribution in [0.5, 0.6) is 5.88 Å². The van der Waals surface area contributed by atoms with E-state index in [0.29, 0.717) is 30.1 Å². The number of benzene rings is 2. The van der Waals surface area contributed by atoms with E-state index in [1.54, 1.807) is 0 Å². The Bertz CT molecular complexity index is 1270. The van der Waals surface area contributed by atoms with Gasteiger partial charge in [0.15, 0.2) is 5.82 Å². The van der Waals surface area contributed by atoms with E-state index in [1.807, 2.05) is 41.9 Å². The predicted octanol–water partition coefficient (Wildman–Crippen LogP) is 5.81. The van der Waals surface area contributed by atoms with E-state index in [2.05, 4.69) is 62.7 Å². The van der Waals surface area contributed by atoms with Crippen LogP contribution in [0, 0.1) is 12.8 Å².